The van der Waals surface area contributed by atoms with Crippen LogP contribution in [0.2, 0.25) is 0 Å². The van der Waals surface area contributed by atoms with Crippen molar-refractivity contribution in [2.24, 2.45) is 0 Å². The summed E-state index contributed by atoms with van der Waals surface area (Å²) in [4.78, 5) is 38.5. The minimum atomic E-state index is -0.786. The molecule has 2 amide bonds. The third-order valence-corrected chi connectivity index (χ3v) is 5.13. The van der Waals surface area contributed by atoms with Crippen LogP contribution in [0.15, 0.2) is 24.3 Å². The van der Waals surface area contributed by atoms with Crippen molar-refractivity contribution in [3.8, 4) is 0 Å². The molecule has 25 heavy (non-hydrogen) atoms. The van der Waals surface area contributed by atoms with E-state index in [1.54, 1.807) is 31.2 Å². The molecule has 1 unspecified atom stereocenters. The molecule has 1 atom stereocenters. The summed E-state index contributed by atoms with van der Waals surface area (Å²) in [6.45, 7) is 5.78. The quantitative estimate of drug-likeness (QED) is 0.830. The van der Waals surface area contributed by atoms with E-state index in [1.807, 2.05) is 13.8 Å². The number of carbonyl (C=O) groups is 3. The minimum Gasteiger partial charge on any atom is -0.299 e. The van der Waals surface area contributed by atoms with Crippen LogP contribution in [-0.2, 0) is 9.59 Å². The van der Waals surface area contributed by atoms with Gasteiger partial charge in [0.05, 0.1) is 11.3 Å². The lowest BCUT2D eigenvalue weighted by Crippen LogP contribution is -2.46. The van der Waals surface area contributed by atoms with Gasteiger partial charge in [0.1, 0.15) is 11.0 Å². The second-order valence-corrected chi connectivity index (χ2v) is 7.04. The number of hydrogen-bond donors (Lipinski definition) is 1. The highest BCUT2D eigenvalue weighted by Crippen LogP contribution is 2.32. The fourth-order valence-electron chi connectivity index (χ4n) is 2.71. The standard InChI is InChI=1S/C17H18N4O3S/c1-4-11(14(23)18-17-20-19-15(25-17)9(2)3)21-12-8-6-5-7-10(12)13(22)16(21)24/h5-9,11H,4H2,1-3H3,(H,18,20,23). The molecule has 3 rings (SSSR count). The normalized spacial score (nSPS) is 14.8. The highest BCUT2D eigenvalue weighted by molar-refractivity contribution is 7.15. The number of benzene rings is 1. The van der Waals surface area contributed by atoms with Gasteiger partial charge in [0, 0.05) is 5.92 Å². The molecule has 0 saturated heterocycles. The molecular weight excluding hydrogens is 340 g/mol. The van der Waals surface area contributed by atoms with Gasteiger partial charge in [-0.1, -0.05) is 44.2 Å². The molecule has 0 aliphatic carbocycles. The zero-order chi connectivity index (χ0) is 18.1. The van der Waals surface area contributed by atoms with Crippen LogP contribution in [0.3, 0.4) is 0 Å². The Morgan fingerprint density at radius 2 is 1.96 bits per heavy atom. The summed E-state index contributed by atoms with van der Waals surface area (Å²) in [6, 6.07) is 5.92. The van der Waals surface area contributed by atoms with Crippen molar-refractivity contribution in [3.05, 3.63) is 34.8 Å². The number of anilines is 2. The van der Waals surface area contributed by atoms with Gasteiger partial charge >= 0.3 is 0 Å². The largest absolute Gasteiger partial charge is 0.300 e. The van der Waals surface area contributed by atoms with Crippen molar-refractivity contribution in [3.63, 3.8) is 0 Å². The van der Waals surface area contributed by atoms with Crippen LogP contribution in [0.4, 0.5) is 10.8 Å². The monoisotopic (exact) mass is 358 g/mol. The van der Waals surface area contributed by atoms with Crippen LogP contribution in [0.5, 0.6) is 0 Å². The number of carbonyl (C=O) groups excluding carboxylic acids is 3. The molecule has 130 valence electrons. The molecule has 1 N–H and O–H groups in total. The molecule has 0 fully saturated rings. The Hall–Kier alpha value is -2.61. The maximum Gasteiger partial charge on any atom is 0.300 e. The van der Waals surface area contributed by atoms with Crippen molar-refractivity contribution in [1.29, 1.82) is 0 Å². The van der Waals surface area contributed by atoms with Gasteiger partial charge in [-0.3, -0.25) is 24.6 Å². The van der Waals surface area contributed by atoms with E-state index >= 15 is 0 Å². The SMILES string of the molecule is CCC(C(=O)Nc1nnc(C(C)C)s1)N1C(=O)C(=O)c2ccccc21. The summed E-state index contributed by atoms with van der Waals surface area (Å²) in [5, 5.41) is 11.9. The van der Waals surface area contributed by atoms with E-state index in [9.17, 15) is 14.4 Å². The lowest BCUT2D eigenvalue weighted by Gasteiger charge is -2.25. The molecule has 2 aromatic rings. The number of nitrogens with one attached hydrogen (secondary N) is 1. The maximum atomic E-state index is 12.7. The Morgan fingerprint density at radius 1 is 1.24 bits per heavy atom. The number of nitrogens with zero attached hydrogens (tertiary/aromatic N) is 3. The molecule has 1 aromatic heterocycles. The average molecular weight is 358 g/mol. The number of amides is 2. The molecule has 1 aliphatic rings. The van der Waals surface area contributed by atoms with Crippen molar-refractivity contribution >= 4 is 39.8 Å². The lowest BCUT2D eigenvalue weighted by molar-refractivity contribution is -0.121. The molecular formula is C17H18N4O3S. The van der Waals surface area contributed by atoms with E-state index in [0.717, 1.165) is 5.01 Å². The van der Waals surface area contributed by atoms with E-state index in [1.165, 1.54) is 16.2 Å². The Balaban J connectivity index is 1.85. The van der Waals surface area contributed by atoms with Gasteiger partial charge in [-0.25, -0.2) is 0 Å². The molecule has 1 aliphatic heterocycles. The van der Waals surface area contributed by atoms with Crippen LogP contribution in [-0.4, -0.2) is 33.8 Å². The van der Waals surface area contributed by atoms with E-state index < -0.39 is 17.7 Å². The predicted octanol–water partition coefficient (Wildman–Crippen LogP) is 2.61. The first-order chi connectivity index (χ1) is 11.9. The number of aromatic nitrogens is 2. The zero-order valence-corrected chi connectivity index (χ0v) is 15.0. The molecule has 8 heteroatoms. The fourth-order valence-corrected chi connectivity index (χ4v) is 3.46. The first kappa shape index (κ1) is 17.2. The Morgan fingerprint density at radius 3 is 2.60 bits per heavy atom. The summed E-state index contributed by atoms with van der Waals surface area (Å²) in [5.41, 5.74) is 0.802. The van der Waals surface area contributed by atoms with Gasteiger partial charge in [0.25, 0.3) is 11.7 Å². The fraction of sp³-hybridized carbons (Fsp3) is 0.353. The first-order valence-corrected chi connectivity index (χ1v) is 8.86. The van der Waals surface area contributed by atoms with Crippen LogP contribution in [0, 0.1) is 0 Å². The highest BCUT2D eigenvalue weighted by Gasteiger charge is 2.41. The van der Waals surface area contributed by atoms with Gasteiger partial charge in [-0.15, -0.1) is 10.2 Å². The van der Waals surface area contributed by atoms with Crippen molar-refractivity contribution in [1.82, 2.24) is 10.2 Å². The highest BCUT2D eigenvalue weighted by atomic mass is 32.1. The molecule has 0 spiro atoms. The van der Waals surface area contributed by atoms with Crippen LogP contribution < -0.4 is 10.2 Å². The summed E-state index contributed by atoms with van der Waals surface area (Å²) in [5.74, 6) is -1.43. The lowest BCUT2D eigenvalue weighted by atomic mass is 10.1. The zero-order valence-electron chi connectivity index (χ0n) is 14.1. The number of fused-ring (bicyclic) bond motifs is 1. The van der Waals surface area contributed by atoms with Crippen LogP contribution >= 0.6 is 11.3 Å². The van der Waals surface area contributed by atoms with E-state index in [4.69, 9.17) is 0 Å². The van der Waals surface area contributed by atoms with Crippen molar-refractivity contribution < 1.29 is 14.4 Å². The summed E-state index contributed by atoms with van der Waals surface area (Å²) < 4.78 is 0. The second kappa shape index (κ2) is 6.72. The smallest absolute Gasteiger partial charge is 0.299 e. The Labute approximate surface area is 149 Å². The van der Waals surface area contributed by atoms with Crippen LogP contribution in [0.1, 0.15) is 48.5 Å². The predicted molar refractivity (Wildman–Crippen MR) is 95.0 cm³/mol. The topological polar surface area (TPSA) is 92.3 Å². The molecule has 0 bridgehead atoms. The summed E-state index contributed by atoms with van der Waals surface area (Å²) >= 11 is 1.30. The second-order valence-electron chi connectivity index (χ2n) is 6.03. The Kier molecular flexibility index (Phi) is 4.63. The van der Waals surface area contributed by atoms with Crippen LogP contribution in [0.25, 0.3) is 0 Å². The molecule has 0 radical (unpaired) electrons. The molecule has 1 aromatic carbocycles. The molecule has 0 saturated carbocycles. The summed E-state index contributed by atoms with van der Waals surface area (Å²) in [7, 11) is 0. The van der Waals surface area contributed by atoms with E-state index in [-0.39, 0.29) is 11.8 Å². The molecule has 7 nitrogen and oxygen atoms in total. The number of para-hydroxylation sites is 1. The number of rotatable bonds is 5. The van der Waals surface area contributed by atoms with Crippen molar-refractivity contribution in [2.45, 2.75) is 39.2 Å². The number of ketones is 1. The third kappa shape index (κ3) is 3.05. The minimum absolute atomic E-state index is 0.217. The van der Waals surface area contributed by atoms with E-state index in [2.05, 4.69) is 15.5 Å². The van der Waals surface area contributed by atoms with Crippen molar-refractivity contribution in [2.75, 3.05) is 10.2 Å². The maximum absolute atomic E-state index is 12.7. The van der Waals surface area contributed by atoms with Gasteiger partial charge in [0.2, 0.25) is 11.0 Å². The van der Waals surface area contributed by atoms with E-state index in [0.29, 0.717) is 22.8 Å². The first-order valence-electron chi connectivity index (χ1n) is 8.05. The summed E-state index contributed by atoms with van der Waals surface area (Å²) in [6.07, 6.45) is 0.370. The average Bonchev–Trinajstić information content (AvgIpc) is 3.15. The number of hydrogen-bond acceptors (Lipinski definition) is 6. The van der Waals surface area contributed by atoms with Gasteiger partial charge in [0.15, 0.2) is 0 Å². The van der Waals surface area contributed by atoms with Gasteiger partial charge in [-0.2, -0.15) is 0 Å². The third-order valence-electron chi connectivity index (χ3n) is 3.99. The molecule has 2 heterocycles. The Bertz CT molecular complexity index is 846. The number of Topliss-reactive ketones (excluding diaryl/α,β-unsaturated/α-hetero) is 1. The van der Waals surface area contributed by atoms with Gasteiger partial charge < -0.3 is 0 Å². The van der Waals surface area contributed by atoms with Gasteiger partial charge in [-0.05, 0) is 18.6 Å².